The van der Waals surface area contributed by atoms with Crippen molar-refractivity contribution in [2.75, 3.05) is 13.1 Å². The lowest BCUT2D eigenvalue weighted by Gasteiger charge is -2.43. The highest BCUT2D eigenvalue weighted by Gasteiger charge is 2.56. The van der Waals surface area contributed by atoms with Crippen molar-refractivity contribution in [1.29, 1.82) is 0 Å². The minimum absolute atomic E-state index is 0.830. The van der Waals surface area contributed by atoms with E-state index < -0.39 is 0 Å². The number of hydrogen-bond acceptors (Lipinski definition) is 3. The first-order valence-electron chi connectivity index (χ1n) is 9.60. The van der Waals surface area contributed by atoms with Gasteiger partial charge in [-0.1, -0.05) is 0 Å². The summed E-state index contributed by atoms with van der Waals surface area (Å²) in [5.41, 5.74) is 0. The van der Waals surface area contributed by atoms with Gasteiger partial charge in [-0.05, 0) is 68.6 Å². The number of fused-ring (bicyclic) bond motifs is 6. The van der Waals surface area contributed by atoms with Crippen LogP contribution < -0.4 is 10.6 Å². The van der Waals surface area contributed by atoms with Gasteiger partial charge in [0.15, 0.2) is 0 Å². The zero-order valence-electron chi connectivity index (χ0n) is 13.0. The smallest absolute Gasteiger partial charge is 0.0239 e. The minimum atomic E-state index is 0.830. The molecule has 9 atom stereocenters. The molecule has 6 bridgehead atoms. The summed E-state index contributed by atoms with van der Waals surface area (Å²) >= 11 is 0. The van der Waals surface area contributed by atoms with Crippen LogP contribution in [0.4, 0.5) is 0 Å². The van der Waals surface area contributed by atoms with Gasteiger partial charge in [0, 0.05) is 43.3 Å². The summed E-state index contributed by atoms with van der Waals surface area (Å²) in [5.74, 6) is 4.25. The van der Waals surface area contributed by atoms with Gasteiger partial charge in [-0.25, -0.2) is 0 Å². The molecule has 2 saturated carbocycles. The average Bonchev–Trinajstić information content (AvgIpc) is 3.33. The van der Waals surface area contributed by atoms with Crippen LogP contribution in [0.15, 0.2) is 0 Å². The molecular formula is C18H29N3. The number of rotatable bonds is 2. The number of likely N-dealkylation sites (tertiary alicyclic amines) is 1. The van der Waals surface area contributed by atoms with Crippen LogP contribution in [-0.4, -0.2) is 48.2 Å². The van der Waals surface area contributed by atoms with Crippen molar-refractivity contribution in [3.8, 4) is 0 Å². The lowest BCUT2D eigenvalue weighted by atomic mass is 9.71. The maximum absolute atomic E-state index is 3.90. The van der Waals surface area contributed by atoms with Gasteiger partial charge in [0.1, 0.15) is 0 Å². The third-order valence-corrected chi connectivity index (χ3v) is 8.25. The zero-order valence-corrected chi connectivity index (χ0v) is 13.0. The Morgan fingerprint density at radius 1 is 0.810 bits per heavy atom. The molecule has 6 aliphatic rings. The minimum Gasteiger partial charge on any atom is -0.311 e. The maximum Gasteiger partial charge on any atom is 0.0239 e. The Hall–Kier alpha value is -0.120. The van der Waals surface area contributed by atoms with Crippen molar-refractivity contribution in [1.82, 2.24) is 15.5 Å². The molecule has 6 fully saturated rings. The van der Waals surface area contributed by atoms with Crippen LogP contribution in [0.2, 0.25) is 0 Å². The highest BCUT2D eigenvalue weighted by Crippen LogP contribution is 2.57. The molecule has 6 rings (SSSR count). The summed E-state index contributed by atoms with van der Waals surface area (Å²) in [7, 11) is 0. The van der Waals surface area contributed by atoms with Gasteiger partial charge in [0.2, 0.25) is 0 Å². The van der Waals surface area contributed by atoms with Crippen molar-refractivity contribution < 1.29 is 0 Å². The van der Waals surface area contributed by atoms with E-state index in [1.54, 1.807) is 19.3 Å². The van der Waals surface area contributed by atoms with Gasteiger partial charge in [0.25, 0.3) is 0 Å². The summed E-state index contributed by atoms with van der Waals surface area (Å²) in [6, 6.07) is 4.47. The van der Waals surface area contributed by atoms with E-state index in [1.807, 2.05) is 0 Å². The summed E-state index contributed by atoms with van der Waals surface area (Å²) < 4.78 is 0. The molecule has 4 saturated heterocycles. The molecule has 2 N–H and O–H groups in total. The summed E-state index contributed by atoms with van der Waals surface area (Å²) in [6.45, 7) is 2.64. The Morgan fingerprint density at radius 3 is 2.43 bits per heavy atom. The molecule has 0 aromatic heterocycles. The average molecular weight is 287 g/mol. The van der Waals surface area contributed by atoms with Crippen LogP contribution in [0.25, 0.3) is 0 Å². The lowest BCUT2D eigenvalue weighted by molar-refractivity contribution is 0.0638. The summed E-state index contributed by atoms with van der Waals surface area (Å²) in [5, 5.41) is 7.59. The molecule has 3 heteroatoms. The molecule has 4 heterocycles. The van der Waals surface area contributed by atoms with Gasteiger partial charge >= 0.3 is 0 Å². The third-order valence-electron chi connectivity index (χ3n) is 8.25. The number of nitrogens with zero attached hydrogens (tertiary/aromatic N) is 1. The number of piperazine rings is 1. The summed E-state index contributed by atoms with van der Waals surface area (Å²) in [4.78, 5) is 2.96. The van der Waals surface area contributed by atoms with E-state index in [1.165, 1.54) is 38.8 Å². The molecule has 116 valence electrons. The van der Waals surface area contributed by atoms with Crippen molar-refractivity contribution in [2.45, 2.75) is 75.2 Å². The highest BCUT2D eigenvalue weighted by atomic mass is 15.3. The molecular weight excluding hydrogens is 258 g/mol. The third kappa shape index (κ3) is 1.66. The van der Waals surface area contributed by atoms with Crippen molar-refractivity contribution >= 4 is 0 Å². The van der Waals surface area contributed by atoms with Crippen LogP contribution in [0, 0.1) is 23.7 Å². The van der Waals surface area contributed by atoms with E-state index in [-0.39, 0.29) is 0 Å². The first-order chi connectivity index (χ1) is 10.3. The molecule has 3 nitrogen and oxygen atoms in total. The zero-order chi connectivity index (χ0) is 13.6. The Kier molecular flexibility index (Phi) is 2.49. The fourth-order valence-corrected chi connectivity index (χ4v) is 7.58. The van der Waals surface area contributed by atoms with Crippen LogP contribution in [0.3, 0.4) is 0 Å². The largest absolute Gasteiger partial charge is 0.311 e. The van der Waals surface area contributed by atoms with Crippen LogP contribution in [0.5, 0.6) is 0 Å². The number of nitrogens with one attached hydrogen (secondary N) is 2. The fourth-order valence-electron chi connectivity index (χ4n) is 7.58. The monoisotopic (exact) mass is 287 g/mol. The first kappa shape index (κ1) is 12.3. The second kappa shape index (κ2) is 4.24. The van der Waals surface area contributed by atoms with Crippen LogP contribution in [-0.2, 0) is 0 Å². The molecule has 0 amide bonds. The van der Waals surface area contributed by atoms with Gasteiger partial charge in [-0.3, -0.25) is 4.90 Å². The molecule has 4 aliphatic heterocycles. The quantitative estimate of drug-likeness (QED) is 0.807. The van der Waals surface area contributed by atoms with Gasteiger partial charge in [-0.15, -0.1) is 0 Å². The standard InChI is InChI=1S/C18H29N3/c1-2-17-15(7-11(1)20-17)14-3-10-4-16(14)18(5-10)21-9-12-6-13(21)8-19-12/h10-20H,1-9H2. The fraction of sp³-hybridized carbons (Fsp3) is 1.00. The van der Waals surface area contributed by atoms with Crippen molar-refractivity contribution in [3.63, 3.8) is 0 Å². The van der Waals surface area contributed by atoms with E-state index >= 15 is 0 Å². The maximum atomic E-state index is 3.90. The molecule has 21 heavy (non-hydrogen) atoms. The molecule has 0 aromatic carbocycles. The van der Waals surface area contributed by atoms with Gasteiger partial charge in [0.05, 0.1) is 0 Å². The predicted molar refractivity (Wildman–Crippen MR) is 83.1 cm³/mol. The number of hydrogen-bond donors (Lipinski definition) is 2. The SMILES string of the molecule is C1CC2NC1CC2C1CC2CC1C(N1CC3CC1CN3)C2. The highest BCUT2D eigenvalue weighted by molar-refractivity contribution is 5.10. The van der Waals surface area contributed by atoms with E-state index in [0.717, 1.165) is 53.9 Å². The molecule has 0 radical (unpaired) electrons. The van der Waals surface area contributed by atoms with Gasteiger partial charge in [-0.2, -0.15) is 0 Å². The Labute approximate surface area is 128 Å². The van der Waals surface area contributed by atoms with E-state index in [2.05, 4.69) is 15.5 Å². The predicted octanol–water partition coefficient (Wildman–Crippen LogP) is 1.59. The molecule has 9 unspecified atom stereocenters. The molecule has 0 aromatic rings. The normalized spacial score (nSPS) is 61.4. The first-order valence-corrected chi connectivity index (χ1v) is 9.60. The Morgan fingerprint density at radius 2 is 1.76 bits per heavy atom. The Balaban J connectivity index is 1.23. The lowest BCUT2D eigenvalue weighted by Crippen LogP contribution is -2.52. The second-order valence-electron chi connectivity index (χ2n) is 9.11. The van der Waals surface area contributed by atoms with E-state index in [0.29, 0.717) is 0 Å². The molecule has 2 aliphatic carbocycles. The Bertz CT molecular complexity index is 414. The second-order valence-corrected chi connectivity index (χ2v) is 9.11. The van der Waals surface area contributed by atoms with Crippen LogP contribution in [0.1, 0.15) is 44.9 Å². The van der Waals surface area contributed by atoms with E-state index in [4.69, 9.17) is 0 Å². The van der Waals surface area contributed by atoms with Gasteiger partial charge < -0.3 is 10.6 Å². The van der Waals surface area contributed by atoms with Crippen LogP contribution >= 0.6 is 0 Å². The van der Waals surface area contributed by atoms with Crippen molar-refractivity contribution in [3.05, 3.63) is 0 Å². The van der Waals surface area contributed by atoms with Crippen molar-refractivity contribution in [2.24, 2.45) is 23.7 Å². The topological polar surface area (TPSA) is 27.3 Å². The summed E-state index contributed by atoms with van der Waals surface area (Å²) in [6.07, 6.45) is 10.6. The molecule has 0 spiro atoms. The van der Waals surface area contributed by atoms with E-state index in [9.17, 15) is 0 Å².